The van der Waals surface area contributed by atoms with E-state index in [-0.39, 0.29) is 11.8 Å². The van der Waals surface area contributed by atoms with Gasteiger partial charge in [-0.2, -0.15) is 0 Å². The van der Waals surface area contributed by atoms with Crippen molar-refractivity contribution in [3.8, 4) is 0 Å². The number of amides is 2. The van der Waals surface area contributed by atoms with Crippen molar-refractivity contribution in [1.29, 1.82) is 0 Å². The van der Waals surface area contributed by atoms with Crippen LogP contribution in [0, 0.1) is 6.92 Å². The molecule has 0 aliphatic carbocycles. The Balaban J connectivity index is 2.16. The maximum absolute atomic E-state index is 12.4. The highest BCUT2D eigenvalue weighted by molar-refractivity contribution is 6.31. The molecule has 2 rings (SSSR count). The van der Waals surface area contributed by atoms with Crippen LogP contribution in [-0.4, -0.2) is 18.4 Å². The second-order valence-electron chi connectivity index (χ2n) is 5.25. The van der Waals surface area contributed by atoms with Gasteiger partial charge in [0, 0.05) is 28.4 Å². The molecule has 0 aliphatic heterocycles. The van der Waals surface area contributed by atoms with Crippen LogP contribution < -0.4 is 10.6 Å². The first kappa shape index (κ1) is 17.0. The molecule has 5 heteroatoms. The summed E-state index contributed by atoms with van der Waals surface area (Å²) in [4.78, 5) is 24.4. The maximum atomic E-state index is 12.4. The molecule has 0 bridgehead atoms. The molecule has 0 radical (unpaired) electrons. The molecule has 4 nitrogen and oxygen atoms in total. The van der Waals surface area contributed by atoms with Gasteiger partial charge in [0.15, 0.2) is 0 Å². The lowest BCUT2D eigenvalue weighted by Gasteiger charge is -2.10. The van der Waals surface area contributed by atoms with Crippen molar-refractivity contribution < 1.29 is 9.59 Å². The minimum Gasteiger partial charge on any atom is -0.352 e. The fourth-order valence-electron chi connectivity index (χ4n) is 2.07. The van der Waals surface area contributed by atoms with Crippen molar-refractivity contribution in [2.24, 2.45) is 0 Å². The number of benzene rings is 2. The minimum atomic E-state index is -0.277. The lowest BCUT2D eigenvalue weighted by molar-refractivity contribution is 0.0953. The summed E-state index contributed by atoms with van der Waals surface area (Å²) in [5.41, 5.74) is 2.46. The van der Waals surface area contributed by atoms with Crippen molar-refractivity contribution in [3.05, 3.63) is 64.2 Å². The van der Waals surface area contributed by atoms with E-state index in [4.69, 9.17) is 11.6 Å². The van der Waals surface area contributed by atoms with Crippen LogP contribution in [0.2, 0.25) is 5.02 Å². The molecular weight excluding hydrogens is 312 g/mol. The molecule has 2 aromatic carbocycles. The van der Waals surface area contributed by atoms with E-state index in [0.29, 0.717) is 28.4 Å². The van der Waals surface area contributed by atoms with E-state index in [1.807, 2.05) is 19.9 Å². The standard InChI is InChI=1S/C18H19ClN2O2/c1-3-9-20-17(22)13-5-4-6-14(10-13)18(23)21-16-11-15(19)8-7-12(16)2/h4-8,10-11H,3,9H2,1-2H3,(H,20,22)(H,21,23). The second kappa shape index (κ2) is 7.79. The molecule has 0 heterocycles. The smallest absolute Gasteiger partial charge is 0.255 e. The van der Waals surface area contributed by atoms with Crippen LogP contribution in [0.3, 0.4) is 0 Å². The highest BCUT2D eigenvalue weighted by Gasteiger charge is 2.11. The molecule has 23 heavy (non-hydrogen) atoms. The molecule has 0 unspecified atom stereocenters. The van der Waals surface area contributed by atoms with Gasteiger partial charge in [-0.05, 0) is 49.2 Å². The number of halogens is 1. The van der Waals surface area contributed by atoms with E-state index >= 15 is 0 Å². The molecule has 2 N–H and O–H groups in total. The Kier molecular flexibility index (Phi) is 5.77. The lowest BCUT2D eigenvalue weighted by atomic mass is 10.1. The normalized spacial score (nSPS) is 10.2. The topological polar surface area (TPSA) is 58.2 Å². The highest BCUT2D eigenvalue weighted by atomic mass is 35.5. The lowest BCUT2D eigenvalue weighted by Crippen LogP contribution is -2.24. The third kappa shape index (κ3) is 4.57. The number of carbonyl (C=O) groups is 2. The zero-order valence-electron chi connectivity index (χ0n) is 13.2. The number of carbonyl (C=O) groups excluding carboxylic acids is 2. The summed E-state index contributed by atoms with van der Waals surface area (Å²) < 4.78 is 0. The van der Waals surface area contributed by atoms with Crippen LogP contribution in [0.1, 0.15) is 39.6 Å². The van der Waals surface area contributed by atoms with Crippen LogP contribution >= 0.6 is 11.6 Å². The van der Waals surface area contributed by atoms with E-state index < -0.39 is 0 Å². The Bertz CT molecular complexity index is 729. The van der Waals surface area contributed by atoms with E-state index in [0.717, 1.165) is 12.0 Å². The summed E-state index contributed by atoms with van der Waals surface area (Å²) >= 11 is 5.96. The van der Waals surface area contributed by atoms with Gasteiger partial charge in [0.2, 0.25) is 0 Å². The Morgan fingerprint density at radius 3 is 2.43 bits per heavy atom. The first-order chi connectivity index (χ1) is 11.0. The third-order valence-corrected chi connectivity index (χ3v) is 3.61. The van der Waals surface area contributed by atoms with Crippen LogP contribution in [-0.2, 0) is 0 Å². The number of aryl methyl sites for hydroxylation is 1. The van der Waals surface area contributed by atoms with Crippen LogP contribution in [0.15, 0.2) is 42.5 Å². The van der Waals surface area contributed by atoms with Gasteiger partial charge in [0.1, 0.15) is 0 Å². The van der Waals surface area contributed by atoms with Crippen molar-refractivity contribution in [2.75, 3.05) is 11.9 Å². The predicted octanol–water partition coefficient (Wildman–Crippen LogP) is 4.04. The Labute approximate surface area is 140 Å². The number of anilines is 1. The number of nitrogens with one attached hydrogen (secondary N) is 2. The molecule has 120 valence electrons. The SMILES string of the molecule is CCCNC(=O)c1cccc(C(=O)Nc2cc(Cl)ccc2C)c1. The first-order valence-electron chi connectivity index (χ1n) is 7.47. The molecule has 2 aromatic rings. The fraction of sp³-hybridized carbons (Fsp3) is 0.222. The number of hydrogen-bond acceptors (Lipinski definition) is 2. The van der Waals surface area contributed by atoms with Gasteiger partial charge >= 0.3 is 0 Å². The largest absolute Gasteiger partial charge is 0.352 e. The van der Waals surface area contributed by atoms with Crippen LogP contribution in [0.4, 0.5) is 5.69 Å². The average Bonchev–Trinajstić information content (AvgIpc) is 2.56. The van der Waals surface area contributed by atoms with E-state index in [1.54, 1.807) is 36.4 Å². The van der Waals surface area contributed by atoms with E-state index in [9.17, 15) is 9.59 Å². The summed E-state index contributed by atoms with van der Waals surface area (Å²) in [6, 6.07) is 11.9. The molecule has 0 spiro atoms. The summed E-state index contributed by atoms with van der Waals surface area (Å²) in [6.07, 6.45) is 0.861. The molecule has 0 fully saturated rings. The third-order valence-electron chi connectivity index (χ3n) is 3.37. The van der Waals surface area contributed by atoms with Crippen molar-refractivity contribution in [1.82, 2.24) is 5.32 Å². The highest BCUT2D eigenvalue weighted by Crippen LogP contribution is 2.21. The number of rotatable bonds is 5. The van der Waals surface area contributed by atoms with Crippen LogP contribution in [0.25, 0.3) is 0 Å². The van der Waals surface area contributed by atoms with Gasteiger partial charge in [0.25, 0.3) is 11.8 Å². The Morgan fingerprint density at radius 1 is 1.04 bits per heavy atom. The zero-order valence-corrected chi connectivity index (χ0v) is 13.9. The van der Waals surface area contributed by atoms with Crippen LogP contribution in [0.5, 0.6) is 0 Å². The first-order valence-corrected chi connectivity index (χ1v) is 7.85. The van der Waals surface area contributed by atoms with Gasteiger partial charge in [-0.1, -0.05) is 30.7 Å². The molecule has 0 atom stereocenters. The quantitative estimate of drug-likeness (QED) is 0.869. The zero-order chi connectivity index (χ0) is 16.8. The Morgan fingerprint density at radius 2 is 1.74 bits per heavy atom. The van der Waals surface area contributed by atoms with Crippen molar-refractivity contribution in [3.63, 3.8) is 0 Å². The number of hydrogen-bond donors (Lipinski definition) is 2. The molecular formula is C18H19ClN2O2. The monoisotopic (exact) mass is 330 g/mol. The molecule has 0 saturated heterocycles. The average molecular weight is 331 g/mol. The van der Waals surface area contributed by atoms with Gasteiger partial charge in [0.05, 0.1) is 0 Å². The van der Waals surface area contributed by atoms with E-state index in [1.165, 1.54) is 0 Å². The summed E-state index contributed by atoms with van der Waals surface area (Å²) in [6.45, 7) is 4.48. The fourth-order valence-corrected chi connectivity index (χ4v) is 2.24. The predicted molar refractivity (Wildman–Crippen MR) is 93.2 cm³/mol. The summed E-state index contributed by atoms with van der Waals surface area (Å²) in [5.74, 6) is -0.457. The maximum Gasteiger partial charge on any atom is 0.255 e. The summed E-state index contributed by atoms with van der Waals surface area (Å²) in [5, 5.41) is 6.17. The second-order valence-corrected chi connectivity index (χ2v) is 5.69. The van der Waals surface area contributed by atoms with Crippen molar-refractivity contribution >= 4 is 29.1 Å². The molecule has 0 saturated carbocycles. The van der Waals surface area contributed by atoms with Gasteiger partial charge < -0.3 is 10.6 Å². The minimum absolute atomic E-state index is 0.180. The molecule has 0 aromatic heterocycles. The molecule has 0 aliphatic rings. The van der Waals surface area contributed by atoms with Gasteiger partial charge in [-0.25, -0.2) is 0 Å². The van der Waals surface area contributed by atoms with Crippen molar-refractivity contribution in [2.45, 2.75) is 20.3 Å². The molecule has 2 amide bonds. The van der Waals surface area contributed by atoms with Gasteiger partial charge in [-0.15, -0.1) is 0 Å². The Hall–Kier alpha value is -2.33. The van der Waals surface area contributed by atoms with E-state index in [2.05, 4.69) is 10.6 Å². The summed E-state index contributed by atoms with van der Waals surface area (Å²) in [7, 11) is 0. The van der Waals surface area contributed by atoms with Gasteiger partial charge in [-0.3, -0.25) is 9.59 Å².